The van der Waals surface area contributed by atoms with Crippen molar-refractivity contribution in [1.29, 1.82) is 0 Å². The number of carbonyl (C=O) groups excluding carboxylic acids is 1. The van der Waals surface area contributed by atoms with Crippen molar-refractivity contribution >= 4 is 35.1 Å². The number of nitrogens with one attached hydrogen (secondary N) is 2. The second-order valence-electron chi connectivity index (χ2n) is 3.81. The molecule has 1 heterocycles. The van der Waals surface area contributed by atoms with E-state index in [1.54, 1.807) is 19.1 Å². The Morgan fingerprint density at radius 1 is 1.38 bits per heavy atom. The third-order valence-electron chi connectivity index (χ3n) is 2.25. The molecule has 21 heavy (non-hydrogen) atoms. The Hall–Kier alpha value is -1.99. The number of rotatable bonds is 6. The minimum atomic E-state index is -0.426. The number of ether oxygens (including phenoxy) is 2. The molecule has 0 atom stereocenters. The molecule has 0 saturated heterocycles. The van der Waals surface area contributed by atoms with E-state index in [4.69, 9.17) is 32.7 Å². The van der Waals surface area contributed by atoms with E-state index in [9.17, 15) is 4.79 Å². The highest BCUT2D eigenvalue weighted by molar-refractivity contribution is 6.34. The van der Waals surface area contributed by atoms with Gasteiger partial charge in [0.15, 0.2) is 6.61 Å². The number of anilines is 1. The van der Waals surface area contributed by atoms with Crippen molar-refractivity contribution in [1.82, 2.24) is 15.2 Å². The van der Waals surface area contributed by atoms with Crippen LogP contribution < -0.4 is 14.8 Å². The predicted octanol–water partition coefficient (Wildman–Crippen LogP) is 2.53. The van der Waals surface area contributed by atoms with Gasteiger partial charge < -0.3 is 9.47 Å². The van der Waals surface area contributed by atoms with Crippen molar-refractivity contribution in [2.24, 2.45) is 0 Å². The Bertz CT molecular complexity index is 633. The maximum absolute atomic E-state index is 11.7. The highest BCUT2D eigenvalue weighted by Crippen LogP contribution is 2.27. The summed E-state index contributed by atoms with van der Waals surface area (Å²) in [5.41, 5.74) is 0. The second kappa shape index (κ2) is 7.14. The van der Waals surface area contributed by atoms with Crippen molar-refractivity contribution in [3.8, 4) is 11.8 Å². The maximum atomic E-state index is 11.7. The molecule has 0 spiro atoms. The van der Waals surface area contributed by atoms with Crippen molar-refractivity contribution < 1.29 is 14.3 Å². The fourth-order valence-electron chi connectivity index (χ4n) is 1.40. The lowest BCUT2D eigenvalue weighted by Gasteiger charge is -2.07. The Kier molecular flexibility index (Phi) is 5.24. The van der Waals surface area contributed by atoms with E-state index in [2.05, 4.69) is 20.5 Å². The molecule has 2 aromatic rings. The van der Waals surface area contributed by atoms with Crippen LogP contribution in [0.2, 0.25) is 10.0 Å². The molecule has 1 aromatic carbocycles. The zero-order valence-electron chi connectivity index (χ0n) is 11.0. The minimum Gasteiger partial charge on any atom is -0.482 e. The Morgan fingerprint density at radius 2 is 2.19 bits per heavy atom. The van der Waals surface area contributed by atoms with Crippen molar-refractivity contribution in [2.45, 2.75) is 6.92 Å². The van der Waals surface area contributed by atoms with Gasteiger partial charge in [0.1, 0.15) is 5.75 Å². The molecule has 0 bridgehead atoms. The molecule has 0 fully saturated rings. The largest absolute Gasteiger partial charge is 0.482 e. The van der Waals surface area contributed by atoms with Crippen LogP contribution in [0.4, 0.5) is 5.95 Å². The molecule has 0 aliphatic heterocycles. The van der Waals surface area contributed by atoms with Gasteiger partial charge in [-0.25, -0.2) is 5.10 Å². The average molecular weight is 331 g/mol. The van der Waals surface area contributed by atoms with Gasteiger partial charge in [0.25, 0.3) is 5.91 Å². The number of halogens is 2. The van der Waals surface area contributed by atoms with Crippen LogP contribution in [-0.2, 0) is 4.79 Å². The van der Waals surface area contributed by atoms with E-state index in [1.165, 1.54) is 6.07 Å². The lowest BCUT2D eigenvalue weighted by molar-refractivity contribution is -0.118. The van der Waals surface area contributed by atoms with Crippen LogP contribution in [0.25, 0.3) is 0 Å². The number of amides is 1. The summed E-state index contributed by atoms with van der Waals surface area (Å²) in [4.78, 5) is 15.6. The van der Waals surface area contributed by atoms with Gasteiger partial charge >= 0.3 is 6.01 Å². The van der Waals surface area contributed by atoms with Crippen LogP contribution in [0.15, 0.2) is 18.2 Å². The molecule has 0 saturated carbocycles. The van der Waals surface area contributed by atoms with E-state index in [0.717, 1.165) is 0 Å². The summed E-state index contributed by atoms with van der Waals surface area (Å²) in [6.45, 7) is 1.99. The van der Waals surface area contributed by atoms with Gasteiger partial charge in [0.2, 0.25) is 5.95 Å². The smallest absolute Gasteiger partial charge is 0.337 e. The predicted molar refractivity (Wildman–Crippen MR) is 78.1 cm³/mol. The van der Waals surface area contributed by atoms with Crippen LogP contribution in [0.1, 0.15) is 6.92 Å². The van der Waals surface area contributed by atoms with Crippen LogP contribution in [0.3, 0.4) is 0 Å². The highest BCUT2D eigenvalue weighted by atomic mass is 35.5. The van der Waals surface area contributed by atoms with Gasteiger partial charge in [-0.1, -0.05) is 23.2 Å². The lowest BCUT2D eigenvalue weighted by atomic mass is 10.3. The van der Waals surface area contributed by atoms with Gasteiger partial charge in [-0.15, -0.1) is 5.10 Å². The highest BCUT2D eigenvalue weighted by Gasteiger charge is 2.10. The zero-order valence-corrected chi connectivity index (χ0v) is 12.5. The molecule has 0 aliphatic rings. The van der Waals surface area contributed by atoms with Gasteiger partial charge in [-0.05, 0) is 19.1 Å². The zero-order chi connectivity index (χ0) is 15.2. The van der Waals surface area contributed by atoms with Gasteiger partial charge in [0, 0.05) is 11.1 Å². The fraction of sp³-hybridized carbons (Fsp3) is 0.250. The molecule has 0 radical (unpaired) electrons. The lowest BCUT2D eigenvalue weighted by Crippen LogP contribution is -2.21. The number of aromatic amines is 1. The molecule has 1 aromatic heterocycles. The molecule has 0 unspecified atom stereocenters. The molecule has 112 valence electrons. The number of hydrogen-bond donors (Lipinski definition) is 2. The normalized spacial score (nSPS) is 10.2. The quantitative estimate of drug-likeness (QED) is 0.849. The van der Waals surface area contributed by atoms with Crippen molar-refractivity contribution in [3.05, 3.63) is 28.2 Å². The topological polar surface area (TPSA) is 89.1 Å². The standard InChI is InChI=1S/C12H12Cl2N4O3/c1-2-20-12-16-11(17-18-12)15-10(19)6-21-9-5-7(13)3-4-8(9)14/h3-5H,2,6H2,1H3,(H2,15,16,17,18,19). The van der Waals surface area contributed by atoms with E-state index >= 15 is 0 Å². The first kappa shape index (κ1) is 15.4. The number of aromatic nitrogens is 3. The molecule has 9 heteroatoms. The molecular formula is C12H12Cl2N4O3. The second-order valence-corrected chi connectivity index (χ2v) is 4.65. The summed E-state index contributed by atoms with van der Waals surface area (Å²) in [7, 11) is 0. The summed E-state index contributed by atoms with van der Waals surface area (Å²) in [5, 5.41) is 9.58. The molecular weight excluding hydrogens is 319 g/mol. The number of carbonyl (C=O) groups is 1. The van der Waals surface area contributed by atoms with Gasteiger partial charge in [0.05, 0.1) is 11.6 Å². The molecule has 2 rings (SSSR count). The first-order chi connectivity index (χ1) is 10.1. The SMILES string of the molecule is CCOc1n[nH]c(NC(=O)COc2cc(Cl)ccc2Cl)n1. The average Bonchev–Trinajstić information content (AvgIpc) is 2.87. The maximum Gasteiger partial charge on any atom is 0.337 e. The third-order valence-corrected chi connectivity index (χ3v) is 2.80. The van der Waals surface area contributed by atoms with Crippen LogP contribution in [0.5, 0.6) is 11.8 Å². The first-order valence-electron chi connectivity index (χ1n) is 6.01. The minimum absolute atomic E-state index is 0.159. The number of nitrogens with zero attached hydrogens (tertiary/aromatic N) is 2. The summed E-state index contributed by atoms with van der Waals surface area (Å²) >= 11 is 11.7. The van der Waals surface area contributed by atoms with E-state index < -0.39 is 5.91 Å². The third kappa shape index (κ3) is 4.51. The molecule has 0 aliphatic carbocycles. The van der Waals surface area contributed by atoms with E-state index in [0.29, 0.717) is 22.4 Å². The summed E-state index contributed by atoms with van der Waals surface area (Å²) in [6, 6.07) is 4.90. The monoisotopic (exact) mass is 330 g/mol. The number of hydrogen-bond acceptors (Lipinski definition) is 5. The molecule has 7 nitrogen and oxygen atoms in total. The fourth-order valence-corrected chi connectivity index (χ4v) is 1.73. The first-order valence-corrected chi connectivity index (χ1v) is 6.77. The van der Waals surface area contributed by atoms with E-state index in [-0.39, 0.29) is 18.6 Å². The molecule has 1 amide bonds. The van der Waals surface area contributed by atoms with Gasteiger partial charge in [-0.3, -0.25) is 10.1 Å². The Balaban J connectivity index is 1.88. The Labute approximate surface area is 130 Å². The number of H-pyrrole nitrogens is 1. The number of benzene rings is 1. The molecule has 2 N–H and O–H groups in total. The van der Waals surface area contributed by atoms with Crippen LogP contribution in [0, 0.1) is 0 Å². The Morgan fingerprint density at radius 3 is 2.95 bits per heavy atom. The summed E-state index contributed by atoms with van der Waals surface area (Å²) in [6.07, 6.45) is 0. The van der Waals surface area contributed by atoms with Crippen molar-refractivity contribution in [2.75, 3.05) is 18.5 Å². The van der Waals surface area contributed by atoms with Gasteiger partial charge in [-0.2, -0.15) is 4.98 Å². The van der Waals surface area contributed by atoms with Crippen LogP contribution in [-0.4, -0.2) is 34.3 Å². The summed E-state index contributed by atoms with van der Waals surface area (Å²) < 4.78 is 10.3. The van der Waals surface area contributed by atoms with E-state index in [1.807, 2.05) is 0 Å². The van der Waals surface area contributed by atoms with Crippen molar-refractivity contribution in [3.63, 3.8) is 0 Å². The van der Waals surface area contributed by atoms with Crippen LogP contribution >= 0.6 is 23.2 Å². The summed E-state index contributed by atoms with van der Waals surface area (Å²) in [5.74, 6) is 0.0707.